The topological polar surface area (TPSA) is 42.8 Å². The average Bonchev–Trinajstić information content (AvgIpc) is 4.04. The Labute approximate surface area is 384 Å². The van der Waals surface area contributed by atoms with Gasteiger partial charge >= 0.3 is 0 Å². The van der Waals surface area contributed by atoms with E-state index in [1.807, 2.05) is 11.3 Å². The number of benzene rings is 10. The standard InChI is InChI=1S/C61H41N3OS/c1-36-28-31-51(62-61(63-58(36)45-23-12-18-37-14-4-6-19-42(37)45)48-24-13-27-56-57(48)47-22-9-11-26-55(47)66-56)41-33-50-46-30-29-38-15-5-7-20-43(38)59(46)65-60(50)54(35-41)64-52-25-10-8-21-44(52)49-32-39-16-2-3-17-40(39)34-53(49)64/h2-27,29-30,32-36,58H,28,31H2,1H3/b62-51+,63-61-. The zero-order valence-corrected chi connectivity index (χ0v) is 37.0. The van der Waals surface area contributed by atoms with Crippen molar-refractivity contribution < 1.29 is 4.42 Å². The molecular weight excluding hydrogens is 823 g/mol. The molecule has 10 aromatic carbocycles. The lowest BCUT2D eigenvalue weighted by atomic mass is 9.86. The first-order valence-corrected chi connectivity index (χ1v) is 23.8. The summed E-state index contributed by atoms with van der Waals surface area (Å²) >= 11 is 1.84. The van der Waals surface area contributed by atoms with Gasteiger partial charge in [-0.15, -0.1) is 11.3 Å². The van der Waals surface area contributed by atoms with Crippen LogP contribution in [0.25, 0.3) is 102 Å². The van der Waals surface area contributed by atoms with Gasteiger partial charge in [0.2, 0.25) is 0 Å². The summed E-state index contributed by atoms with van der Waals surface area (Å²) in [5.41, 5.74) is 9.46. The second-order valence-corrected chi connectivity index (χ2v) is 19.1. The van der Waals surface area contributed by atoms with Crippen LogP contribution in [0.2, 0.25) is 0 Å². The Morgan fingerprint density at radius 1 is 0.515 bits per heavy atom. The third kappa shape index (κ3) is 5.69. The van der Waals surface area contributed by atoms with Crippen molar-refractivity contribution in [2.45, 2.75) is 25.8 Å². The Morgan fingerprint density at radius 2 is 1.20 bits per heavy atom. The molecule has 14 rings (SSSR count). The molecule has 4 heterocycles. The van der Waals surface area contributed by atoms with Crippen LogP contribution in [-0.2, 0) is 0 Å². The molecule has 2 unspecified atom stereocenters. The summed E-state index contributed by atoms with van der Waals surface area (Å²) in [6.07, 6.45) is 1.70. The first kappa shape index (κ1) is 37.5. The van der Waals surface area contributed by atoms with Gasteiger partial charge in [0.15, 0.2) is 11.4 Å². The van der Waals surface area contributed by atoms with Crippen molar-refractivity contribution in [3.05, 3.63) is 211 Å². The van der Waals surface area contributed by atoms with E-state index in [0.29, 0.717) is 0 Å². The fraction of sp³-hybridized carbons (Fsp3) is 0.0820. The fourth-order valence-electron chi connectivity index (χ4n) is 11.0. The average molecular weight is 864 g/mol. The second-order valence-electron chi connectivity index (χ2n) is 18.0. The van der Waals surface area contributed by atoms with E-state index >= 15 is 0 Å². The fourth-order valence-corrected chi connectivity index (χ4v) is 12.1. The normalized spacial score (nSPS) is 17.6. The SMILES string of the molecule is CC1CC/C(c2cc(-n3c4ccccc4c4cc5ccccc5cc43)c3oc4c5ccccc5ccc4c3c2)=N\C(c2cccc3sc4ccccc4c23)=N/C1c1cccc2ccccc12. The lowest BCUT2D eigenvalue weighted by Gasteiger charge is -2.26. The monoisotopic (exact) mass is 863 g/mol. The number of amidine groups is 1. The summed E-state index contributed by atoms with van der Waals surface area (Å²) in [7, 11) is 0. The van der Waals surface area contributed by atoms with Gasteiger partial charge in [-0.25, -0.2) is 4.99 Å². The molecule has 2 atom stereocenters. The highest BCUT2D eigenvalue weighted by molar-refractivity contribution is 7.25. The largest absolute Gasteiger partial charge is 0.453 e. The first-order valence-electron chi connectivity index (χ1n) is 23.0. The molecule has 0 fully saturated rings. The highest BCUT2D eigenvalue weighted by Crippen LogP contribution is 2.44. The Hall–Kier alpha value is -7.86. The van der Waals surface area contributed by atoms with Gasteiger partial charge < -0.3 is 8.98 Å². The first-order chi connectivity index (χ1) is 32.6. The van der Waals surface area contributed by atoms with Crippen LogP contribution >= 0.6 is 11.3 Å². The number of para-hydroxylation sites is 1. The summed E-state index contributed by atoms with van der Waals surface area (Å²) in [6, 6.07) is 70.6. The van der Waals surface area contributed by atoms with E-state index in [4.69, 9.17) is 14.4 Å². The van der Waals surface area contributed by atoms with E-state index in [9.17, 15) is 0 Å². The molecule has 0 saturated heterocycles. The molecule has 0 N–H and O–H groups in total. The molecule has 0 aliphatic carbocycles. The Kier molecular flexibility index (Phi) is 8.29. The molecular formula is C61H41N3OS. The maximum absolute atomic E-state index is 7.20. The van der Waals surface area contributed by atoms with E-state index < -0.39 is 0 Å². The van der Waals surface area contributed by atoms with Gasteiger partial charge in [0.25, 0.3) is 0 Å². The summed E-state index contributed by atoms with van der Waals surface area (Å²) in [5.74, 6) is 1.00. The van der Waals surface area contributed by atoms with Crippen LogP contribution in [0.3, 0.4) is 0 Å². The van der Waals surface area contributed by atoms with E-state index in [1.165, 1.54) is 58.1 Å². The second kappa shape index (κ2) is 14.6. The van der Waals surface area contributed by atoms with Crippen LogP contribution in [0, 0.1) is 5.92 Å². The maximum Gasteiger partial charge on any atom is 0.159 e. The van der Waals surface area contributed by atoms with Crippen molar-refractivity contribution in [1.29, 1.82) is 0 Å². The highest BCUT2D eigenvalue weighted by Gasteiger charge is 2.28. The number of rotatable bonds is 4. The summed E-state index contributed by atoms with van der Waals surface area (Å²) in [5, 5.41) is 14.2. The molecule has 0 amide bonds. The maximum atomic E-state index is 7.20. The van der Waals surface area contributed by atoms with Gasteiger partial charge in [-0.2, -0.15) is 0 Å². The quantitative estimate of drug-likeness (QED) is 0.174. The molecule has 1 aliphatic rings. The molecule has 66 heavy (non-hydrogen) atoms. The number of aliphatic imine (C=N–C) groups is 2. The third-order valence-corrected chi connectivity index (χ3v) is 15.4. The van der Waals surface area contributed by atoms with Crippen molar-refractivity contribution in [1.82, 2.24) is 4.57 Å². The van der Waals surface area contributed by atoms with Crippen LogP contribution in [0.15, 0.2) is 209 Å². The lowest BCUT2D eigenvalue weighted by Crippen LogP contribution is -2.18. The van der Waals surface area contributed by atoms with E-state index in [0.717, 1.165) is 84.9 Å². The zero-order valence-electron chi connectivity index (χ0n) is 36.2. The Balaban J connectivity index is 1.08. The third-order valence-electron chi connectivity index (χ3n) is 14.2. The molecule has 4 nitrogen and oxygen atoms in total. The van der Waals surface area contributed by atoms with Crippen molar-refractivity contribution in [3.8, 4) is 5.69 Å². The summed E-state index contributed by atoms with van der Waals surface area (Å²) in [4.78, 5) is 11.7. The van der Waals surface area contributed by atoms with Crippen LogP contribution in [0.5, 0.6) is 0 Å². The number of fused-ring (bicyclic) bond motifs is 13. The van der Waals surface area contributed by atoms with Gasteiger partial charge in [0.05, 0.1) is 28.5 Å². The molecule has 0 saturated carbocycles. The van der Waals surface area contributed by atoms with Crippen LogP contribution in [-0.4, -0.2) is 16.1 Å². The molecule has 5 heteroatoms. The molecule has 312 valence electrons. The molecule has 0 bridgehead atoms. The predicted molar refractivity (Wildman–Crippen MR) is 281 cm³/mol. The zero-order chi connectivity index (χ0) is 43.5. The Bertz CT molecular complexity index is 4220. The van der Waals surface area contributed by atoms with Gasteiger partial charge in [0.1, 0.15) is 5.58 Å². The van der Waals surface area contributed by atoms with Crippen molar-refractivity contribution in [3.63, 3.8) is 0 Å². The minimum absolute atomic E-state index is 0.0897. The number of thiophene rings is 1. The number of hydrogen-bond acceptors (Lipinski definition) is 4. The van der Waals surface area contributed by atoms with Crippen LogP contribution < -0.4 is 0 Å². The molecule has 0 spiro atoms. The van der Waals surface area contributed by atoms with Gasteiger partial charge in [-0.1, -0.05) is 153 Å². The van der Waals surface area contributed by atoms with Crippen molar-refractivity contribution in [2.24, 2.45) is 15.9 Å². The lowest BCUT2D eigenvalue weighted by molar-refractivity contribution is 0.448. The van der Waals surface area contributed by atoms with Gasteiger partial charge in [-0.3, -0.25) is 4.99 Å². The minimum atomic E-state index is -0.0897. The van der Waals surface area contributed by atoms with Crippen molar-refractivity contribution in [2.75, 3.05) is 0 Å². The van der Waals surface area contributed by atoms with E-state index in [1.54, 1.807) is 0 Å². The number of hydrogen-bond donors (Lipinski definition) is 0. The summed E-state index contributed by atoms with van der Waals surface area (Å²) < 4.78 is 12.1. The number of aromatic nitrogens is 1. The van der Waals surface area contributed by atoms with Gasteiger partial charge in [0, 0.05) is 52.7 Å². The molecule has 13 aromatic rings. The van der Waals surface area contributed by atoms with E-state index in [-0.39, 0.29) is 12.0 Å². The molecule has 3 aromatic heterocycles. The number of nitrogens with zero attached hydrogens (tertiary/aromatic N) is 3. The van der Waals surface area contributed by atoms with E-state index in [2.05, 4.69) is 206 Å². The summed E-state index contributed by atoms with van der Waals surface area (Å²) in [6.45, 7) is 2.38. The minimum Gasteiger partial charge on any atom is -0.453 e. The number of furan rings is 1. The highest BCUT2D eigenvalue weighted by atomic mass is 32.1. The van der Waals surface area contributed by atoms with Crippen LogP contribution in [0.4, 0.5) is 0 Å². The Morgan fingerprint density at radius 3 is 2.06 bits per heavy atom. The van der Waals surface area contributed by atoms with Crippen molar-refractivity contribution >= 4 is 119 Å². The van der Waals surface area contributed by atoms with Crippen LogP contribution in [0.1, 0.15) is 42.5 Å². The molecule has 1 aliphatic heterocycles. The van der Waals surface area contributed by atoms with Gasteiger partial charge in [-0.05, 0) is 105 Å². The molecule has 0 radical (unpaired) electrons. The smallest absolute Gasteiger partial charge is 0.159 e. The predicted octanol–water partition coefficient (Wildman–Crippen LogP) is 16.9.